The minimum Gasteiger partial charge on any atom is -0.507 e. The molecule has 1 amide bonds. The van der Waals surface area contributed by atoms with Crippen LogP contribution in [0, 0.1) is 5.82 Å². The Labute approximate surface area is 192 Å². The van der Waals surface area contributed by atoms with E-state index in [2.05, 4.69) is 4.90 Å². The number of hydrogen-bond acceptors (Lipinski definition) is 6. The smallest absolute Gasteiger partial charge is 0.295 e. The molecule has 7 nitrogen and oxygen atoms in total. The van der Waals surface area contributed by atoms with Crippen LogP contribution in [0.5, 0.6) is 5.75 Å². The largest absolute Gasteiger partial charge is 0.507 e. The molecule has 174 valence electrons. The molecule has 0 aromatic heterocycles. The van der Waals surface area contributed by atoms with Gasteiger partial charge in [-0.05, 0) is 48.4 Å². The van der Waals surface area contributed by atoms with E-state index < -0.39 is 23.5 Å². The number of morpholine rings is 1. The maximum Gasteiger partial charge on any atom is 0.295 e. The van der Waals surface area contributed by atoms with E-state index in [9.17, 15) is 19.1 Å². The molecule has 0 aliphatic carbocycles. The van der Waals surface area contributed by atoms with Gasteiger partial charge in [-0.2, -0.15) is 0 Å². The molecule has 2 saturated heterocycles. The number of ether oxygens (including phenoxy) is 2. The number of halogens is 1. The van der Waals surface area contributed by atoms with Gasteiger partial charge in [-0.15, -0.1) is 0 Å². The predicted octanol–water partition coefficient (Wildman–Crippen LogP) is 2.98. The van der Waals surface area contributed by atoms with Gasteiger partial charge in [-0.1, -0.05) is 12.1 Å². The van der Waals surface area contributed by atoms with E-state index in [4.69, 9.17) is 9.47 Å². The van der Waals surface area contributed by atoms with E-state index in [0.717, 1.165) is 19.6 Å². The van der Waals surface area contributed by atoms with E-state index >= 15 is 0 Å². The molecule has 8 heteroatoms. The molecule has 1 unspecified atom stereocenters. The van der Waals surface area contributed by atoms with Crippen molar-refractivity contribution in [2.24, 2.45) is 0 Å². The third-order valence-electron chi connectivity index (χ3n) is 6.07. The van der Waals surface area contributed by atoms with E-state index in [-0.39, 0.29) is 16.9 Å². The zero-order chi connectivity index (χ0) is 23.4. The average Bonchev–Trinajstić information content (AvgIpc) is 3.10. The molecule has 2 heterocycles. The molecule has 2 fully saturated rings. The minimum absolute atomic E-state index is 0.00291. The molecule has 0 spiro atoms. The fraction of sp³-hybridized carbons (Fsp3) is 0.360. The summed E-state index contributed by atoms with van der Waals surface area (Å²) in [6.07, 6.45) is 0.677. The summed E-state index contributed by atoms with van der Waals surface area (Å²) in [4.78, 5) is 29.8. The number of Topliss-reactive ketones (excluding diaryl/α,β-unsaturated/α-hetero) is 1. The zero-order valence-corrected chi connectivity index (χ0v) is 18.5. The number of carbonyl (C=O) groups is 2. The standard InChI is InChI=1S/C25H27FN2O5/c1-32-20-9-5-17(6-10-20)22-21(23(29)18-3-7-19(26)8-4-18)24(30)25(31)28(22)12-2-11-27-13-15-33-16-14-27/h3-10,22,29H,2,11-16H2,1H3/b23-21-. The molecular weight excluding hydrogens is 427 g/mol. The van der Waals surface area contributed by atoms with Crippen molar-refractivity contribution in [3.05, 3.63) is 71.0 Å². The Bertz CT molecular complexity index is 1030. The van der Waals surface area contributed by atoms with E-state index in [1.54, 1.807) is 31.4 Å². The second-order valence-electron chi connectivity index (χ2n) is 8.08. The minimum atomic E-state index is -0.746. The summed E-state index contributed by atoms with van der Waals surface area (Å²) in [6, 6.07) is 11.5. The molecule has 2 aliphatic heterocycles. The first kappa shape index (κ1) is 22.9. The molecule has 33 heavy (non-hydrogen) atoms. The summed E-state index contributed by atoms with van der Waals surface area (Å²) in [7, 11) is 1.56. The molecule has 1 N–H and O–H groups in total. The van der Waals surface area contributed by atoms with Gasteiger partial charge < -0.3 is 19.5 Å². The second-order valence-corrected chi connectivity index (χ2v) is 8.08. The topological polar surface area (TPSA) is 79.3 Å². The summed E-state index contributed by atoms with van der Waals surface area (Å²) in [5, 5.41) is 11.0. The number of amides is 1. The molecular formula is C25H27FN2O5. The van der Waals surface area contributed by atoms with E-state index in [0.29, 0.717) is 37.5 Å². The molecule has 2 aromatic rings. The van der Waals surface area contributed by atoms with Gasteiger partial charge in [0, 0.05) is 31.7 Å². The molecule has 0 radical (unpaired) electrons. The third kappa shape index (κ3) is 4.91. The number of aliphatic hydroxyl groups excluding tert-OH is 1. The van der Waals surface area contributed by atoms with Gasteiger partial charge in [0.2, 0.25) is 0 Å². The molecule has 0 bridgehead atoms. The highest BCUT2D eigenvalue weighted by Crippen LogP contribution is 2.39. The van der Waals surface area contributed by atoms with Gasteiger partial charge in [-0.25, -0.2) is 4.39 Å². The number of rotatable bonds is 7. The van der Waals surface area contributed by atoms with Gasteiger partial charge in [-0.3, -0.25) is 14.5 Å². The molecule has 2 aromatic carbocycles. The zero-order valence-electron chi connectivity index (χ0n) is 18.5. The lowest BCUT2D eigenvalue weighted by Gasteiger charge is -2.29. The SMILES string of the molecule is COc1ccc(C2/C(=C(/O)c3ccc(F)cc3)C(=O)C(=O)N2CCCN2CCOCC2)cc1. The van der Waals surface area contributed by atoms with Crippen LogP contribution in [-0.2, 0) is 14.3 Å². The van der Waals surface area contributed by atoms with Crippen molar-refractivity contribution in [1.82, 2.24) is 9.80 Å². The van der Waals surface area contributed by atoms with E-state index in [1.165, 1.54) is 29.2 Å². The highest BCUT2D eigenvalue weighted by atomic mass is 19.1. The number of carbonyl (C=O) groups excluding carboxylic acids is 2. The number of methoxy groups -OCH3 is 1. The van der Waals surface area contributed by atoms with Crippen LogP contribution in [0.2, 0.25) is 0 Å². The van der Waals surface area contributed by atoms with Crippen LogP contribution in [0.15, 0.2) is 54.1 Å². The molecule has 2 aliphatic rings. The normalized spacial score (nSPS) is 20.9. The lowest BCUT2D eigenvalue weighted by molar-refractivity contribution is -0.140. The number of likely N-dealkylation sites (tertiary alicyclic amines) is 1. The predicted molar refractivity (Wildman–Crippen MR) is 120 cm³/mol. The van der Waals surface area contributed by atoms with Crippen LogP contribution in [0.1, 0.15) is 23.6 Å². The monoisotopic (exact) mass is 454 g/mol. The Hall–Kier alpha value is -3.23. The Morgan fingerprint density at radius 1 is 1.06 bits per heavy atom. The van der Waals surface area contributed by atoms with Crippen LogP contribution < -0.4 is 4.74 Å². The first-order valence-electron chi connectivity index (χ1n) is 11.0. The summed E-state index contributed by atoms with van der Waals surface area (Å²) in [6.45, 7) is 4.19. The maximum absolute atomic E-state index is 13.4. The van der Waals surface area contributed by atoms with Gasteiger partial charge >= 0.3 is 0 Å². The Kier molecular flexibility index (Phi) is 7.05. The van der Waals surface area contributed by atoms with Gasteiger partial charge in [0.05, 0.1) is 31.9 Å². The van der Waals surface area contributed by atoms with Crippen molar-refractivity contribution in [2.45, 2.75) is 12.5 Å². The number of nitrogens with zero attached hydrogens (tertiary/aromatic N) is 2. The van der Waals surface area contributed by atoms with Crippen LogP contribution in [0.3, 0.4) is 0 Å². The fourth-order valence-electron chi connectivity index (χ4n) is 4.30. The van der Waals surface area contributed by atoms with Crippen molar-refractivity contribution in [1.29, 1.82) is 0 Å². The second kappa shape index (κ2) is 10.1. The fourth-order valence-corrected chi connectivity index (χ4v) is 4.30. The Morgan fingerprint density at radius 3 is 2.36 bits per heavy atom. The third-order valence-corrected chi connectivity index (χ3v) is 6.07. The van der Waals surface area contributed by atoms with Crippen molar-refractivity contribution >= 4 is 17.4 Å². The van der Waals surface area contributed by atoms with Crippen molar-refractivity contribution in [3.63, 3.8) is 0 Å². The van der Waals surface area contributed by atoms with Crippen molar-refractivity contribution < 1.29 is 28.6 Å². The van der Waals surface area contributed by atoms with E-state index in [1.807, 2.05) is 0 Å². The highest BCUT2D eigenvalue weighted by Gasteiger charge is 2.45. The van der Waals surface area contributed by atoms with Crippen molar-refractivity contribution in [3.8, 4) is 5.75 Å². The van der Waals surface area contributed by atoms with Crippen molar-refractivity contribution in [2.75, 3.05) is 46.5 Å². The van der Waals surface area contributed by atoms with Crippen LogP contribution in [-0.4, -0.2) is 73.1 Å². The lowest BCUT2D eigenvalue weighted by Crippen LogP contribution is -2.38. The molecule has 0 saturated carbocycles. The maximum atomic E-state index is 13.4. The first-order valence-corrected chi connectivity index (χ1v) is 11.0. The summed E-state index contributed by atoms with van der Waals surface area (Å²) in [5.74, 6) is -1.53. The van der Waals surface area contributed by atoms with Gasteiger partial charge in [0.15, 0.2) is 0 Å². The number of benzene rings is 2. The van der Waals surface area contributed by atoms with Crippen LogP contribution >= 0.6 is 0 Å². The summed E-state index contributed by atoms with van der Waals surface area (Å²) < 4.78 is 24.0. The number of ketones is 1. The molecule has 4 rings (SSSR count). The van der Waals surface area contributed by atoms with Gasteiger partial charge in [0.25, 0.3) is 11.7 Å². The Morgan fingerprint density at radius 2 is 1.73 bits per heavy atom. The van der Waals surface area contributed by atoms with Gasteiger partial charge in [0.1, 0.15) is 17.3 Å². The summed E-state index contributed by atoms with van der Waals surface area (Å²) in [5.41, 5.74) is 0.967. The average molecular weight is 454 g/mol. The summed E-state index contributed by atoms with van der Waals surface area (Å²) >= 11 is 0. The number of hydrogen-bond donors (Lipinski definition) is 1. The van der Waals surface area contributed by atoms with Crippen LogP contribution in [0.25, 0.3) is 5.76 Å². The molecule has 1 atom stereocenters. The number of aliphatic hydroxyl groups is 1. The highest BCUT2D eigenvalue weighted by molar-refractivity contribution is 6.46. The first-order chi connectivity index (χ1) is 16.0. The Balaban J connectivity index is 1.66. The quantitative estimate of drug-likeness (QED) is 0.394. The lowest BCUT2D eigenvalue weighted by atomic mass is 9.95. The van der Waals surface area contributed by atoms with Crippen LogP contribution in [0.4, 0.5) is 4.39 Å².